The Kier molecular flexibility index (Phi) is 4.07. The molecule has 0 bridgehead atoms. The molecule has 0 saturated heterocycles. The summed E-state index contributed by atoms with van der Waals surface area (Å²) in [6, 6.07) is 6.93. The van der Waals surface area contributed by atoms with E-state index in [-0.39, 0.29) is 0 Å². The first-order valence-electron chi connectivity index (χ1n) is 6.38. The van der Waals surface area contributed by atoms with Crippen LogP contribution in [0.2, 0.25) is 0 Å². The van der Waals surface area contributed by atoms with Crippen molar-refractivity contribution in [2.45, 2.75) is 56.7 Å². The fraction of sp³-hybridized carbons (Fsp3) is 0.600. The number of rotatable bonds is 1. The number of hydrogen-bond donors (Lipinski definition) is 0. The van der Waals surface area contributed by atoms with Gasteiger partial charge in [-0.15, -0.1) is 0 Å². The highest BCUT2D eigenvalue weighted by Gasteiger charge is 2.20. The van der Waals surface area contributed by atoms with Gasteiger partial charge in [-0.1, -0.05) is 52.5 Å². The van der Waals surface area contributed by atoms with Crippen molar-refractivity contribution in [3.8, 4) is 0 Å². The molecule has 88 valence electrons. The third-order valence-electron chi connectivity index (χ3n) is 3.73. The van der Waals surface area contributed by atoms with Crippen LogP contribution in [0.3, 0.4) is 0 Å². The molecule has 2 atom stereocenters. The molecule has 2 rings (SSSR count). The predicted molar refractivity (Wildman–Crippen MR) is 74.5 cm³/mol. The first-order valence-corrected chi connectivity index (χ1v) is 7.29. The van der Waals surface area contributed by atoms with E-state index in [1.165, 1.54) is 43.2 Å². The molecule has 1 heteroatoms. The highest BCUT2D eigenvalue weighted by atomic mass is 79.9. The molecule has 0 amide bonds. The zero-order valence-corrected chi connectivity index (χ0v) is 11.9. The molecule has 0 N–H and O–H groups in total. The van der Waals surface area contributed by atoms with Crippen molar-refractivity contribution >= 4 is 15.9 Å². The van der Waals surface area contributed by atoms with Gasteiger partial charge in [0, 0.05) is 4.83 Å². The van der Waals surface area contributed by atoms with Gasteiger partial charge in [-0.3, -0.25) is 0 Å². The van der Waals surface area contributed by atoms with Crippen LogP contribution in [0.25, 0.3) is 0 Å². The maximum Gasteiger partial charge on any atom is 0.0151 e. The largest absolute Gasteiger partial charge is 0.0890 e. The summed E-state index contributed by atoms with van der Waals surface area (Å²) >= 11 is 3.81. The quantitative estimate of drug-likeness (QED) is 0.495. The van der Waals surface area contributed by atoms with Crippen LogP contribution < -0.4 is 0 Å². The third-order valence-corrected chi connectivity index (χ3v) is 4.56. The summed E-state index contributed by atoms with van der Waals surface area (Å²) in [5.74, 6) is 0.771. The molecule has 0 heterocycles. The zero-order valence-electron chi connectivity index (χ0n) is 10.3. The molecule has 0 aromatic heterocycles. The molecule has 1 aromatic rings. The summed E-state index contributed by atoms with van der Waals surface area (Å²) in [6.07, 6.45) is 6.80. The zero-order chi connectivity index (χ0) is 11.5. The Morgan fingerprint density at radius 1 is 1.12 bits per heavy atom. The normalized spacial score (nSPS) is 26.4. The summed E-state index contributed by atoms with van der Waals surface area (Å²) in [4.78, 5) is 0.723. The minimum atomic E-state index is 0.723. The van der Waals surface area contributed by atoms with E-state index in [0.717, 1.165) is 10.7 Å². The van der Waals surface area contributed by atoms with Gasteiger partial charge in [0.05, 0.1) is 0 Å². The summed E-state index contributed by atoms with van der Waals surface area (Å²) in [5.41, 5.74) is 4.44. The topological polar surface area (TPSA) is 0 Å². The average molecular weight is 281 g/mol. The van der Waals surface area contributed by atoms with E-state index >= 15 is 0 Å². The Bertz CT molecular complexity index is 356. The van der Waals surface area contributed by atoms with E-state index in [0.29, 0.717) is 0 Å². The summed E-state index contributed by atoms with van der Waals surface area (Å²) < 4.78 is 0. The molecular formula is C15H21Br. The smallest absolute Gasteiger partial charge is 0.0151 e. The lowest BCUT2D eigenvalue weighted by Gasteiger charge is -2.19. The molecule has 16 heavy (non-hydrogen) atoms. The van der Waals surface area contributed by atoms with Crippen molar-refractivity contribution in [3.63, 3.8) is 0 Å². The summed E-state index contributed by atoms with van der Waals surface area (Å²) in [6.45, 7) is 4.44. The first kappa shape index (κ1) is 12.2. The van der Waals surface area contributed by atoms with Crippen LogP contribution in [-0.2, 0) is 0 Å². The lowest BCUT2D eigenvalue weighted by atomic mass is 9.88. The Morgan fingerprint density at radius 3 is 2.62 bits per heavy atom. The van der Waals surface area contributed by atoms with Crippen LogP contribution in [-0.4, -0.2) is 4.83 Å². The van der Waals surface area contributed by atoms with Gasteiger partial charge in [0.15, 0.2) is 0 Å². The predicted octanol–water partition coefficient (Wildman–Crippen LogP) is 5.11. The molecule has 2 unspecified atom stereocenters. The fourth-order valence-corrected chi connectivity index (χ4v) is 3.64. The Balaban J connectivity index is 2.21. The highest BCUT2D eigenvalue weighted by molar-refractivity contribution is 9.09. The molecule has 1 aromatic carbocycles. The van der Waals surface area contributed by atoms with Crippen LogP contribution in [0.15, 0.2) is 18.2 Å². The molecule has 1 aliphatic rings. The van der Waals surface area contributed by atoms with Crippen LogP contribution in [0.5, 0.6) is 0 Å². The number of benzene rings is 1. The Morgan fingerprint density at radius 2 is 1.88 bits per heavy atom. The van der Waals surface area contributed by atoms with Crippen molar-refractivity contribution < 1.29 is 0 Å². The molecule has 1 aliphatic carbocycles. The molecule has 0 spiro atoms. The maximum atomic E-state index is 3.81. The second-order valence-electron chi connectivity index (χ2n) is 5.17. The Hall–Kier alpha value is -0.300. The SMILES string of the molecule is Cc1ccc(C2CCCCC(Br)C2)c(C)c1. The minimum absolute atomic E-state index is 0.723. The van der Waals surface area contributed by atoms with E-state index in [1.807, 2.05) is 0 Å². The van der Waals surface area contributed by atoms with Gasteiger partial charge in [0.2, 0.25) is 0 Å². The van der Waals surface area contributed by atoms with Gasteiger partial charge in [-0.25, -0.2) is 0 Å². The molecular weight excluding hydrogens is 260 g/mol. The number of hydrogen-bond acceptors (Lipinski definition) is 0. The van der Waals surface area contributed by atoms with E-state index in [1.54, 1.807) is 5.56 Å². The number of alkyl halides is 1. The molecule has 0 nitrogen and oxygen atoms in total. The van der Waals surface area contributed by atoms with Crippen molar-refractivity contribution in [3.05, 3.63) is 34.9 Å². The Labute approximate surface area is 108 Å². The lowest BCUT2D eigenvalue weighted by Crippen LogP contribution is -2.05. The maximum absolute atomic E-state index is 3.81. The van der Waals surface area contributed by atoms with Crippen molar-refractivity contribution in [2.24, 2.45) is 0 Å². The van der Waals surface area contributed by atoms with E-state index < -0.39 is 0 Å². The fourth-order valence-electron chi connectivity index (χ4n) is 2.87. The van der Waals surface area contributed by atoms with Crippen molar-refractivity contribution in [2.75, 3.05) is 0 Å². The van der Waals surface area contributed by atoms with E-state index in [9.17, 15) is 0 Å². The van der Waals surface area contributed by atoms with Gasteiger partial charge in [-0.05, 0) is 50.2 Å². The van der Waals surface area contributed by atoms with Crippen LogP contribution in [0, 0.1) is 13.8 Å². The summed E-state index contributed by atoms with van der Waals surface area (Å²) in [5, 5.41) is 0. The van der Waals surface area contributed by atoms with E-state index in [4.69, 9.17) is 0 Å². The van der Waals surface area contributed by atoms with Crippen molar-refractivity contribution in [1.82, 2.24) is 0 Å². The average Bonchev–Trinajstić information content (AvgIpc) is 2.43. The standard InChI is InChI=1S/C15H21Br/c1-11-7-8-15(12(2)9-11)13-5-3-4-6-14(16)10-13/h7-9,13-14H,3-6,10H2,1-2H3. The molecule has 0 aliphatic heterocycles. The number of aryl methyl sites for hydroxylation is 2. The third kappa shape index (κ3) is 2.88. The van der Waals surface area contributed by atoms with Gasteiger partial charge in [0.25, 0.3) is 0 Å². The van der Waals surface area contributed by atoms with Gasteiger partial charge >= 0.3 is 0 Å². The minimum Gasteiger partial charge on any atom is -0.0890 e. The molecule has 1 fully saturated rings. The van der Waals surface area contributed by atoms with Crippen LogP contribution >= 0.6 is 15.9 Å². The van der Waals surface area contributed by atoms with Gasteiger partial charge in [0.1, 0.15) is 0 Å². The first-order chi connectivity index (χ1) is 7.66. The lowest BCUT2D eigenvalue weighted by molar-refractivity contribution is 0.597. The van der Waals surface area contributed by atoms with Crippen LogP contribution in [0.1, 0.15) is 54.7 Å². The highest BCUT2D eigenvalue weighted by Crippen LogP contribution is 2.36. The van der Waals surface area contributed by atoms with Gasteiger partial charge in [-0.2, -0.15) is 0 Å². The second kappa shape index (κ2) is 5.35. The molecule has 1 saturated carbocycles. The van der Waals surface area contributed by atoms with Gasteiger partial charge < -0.3 is 0 Å². The van der Waals surface area contributed by atoms with Crippen LogP contribution in [0.4, 0.5) is 0 Å². The van der Waals surface area contributed by atoms with E-state index in [2.05, 4.69) is 48.0 Å². The summed E-state index contributed by atoms with van der Waals surface area (Å²) in [7, 11) is 0. The van der Waals surface area contributed by atoms with Crippen molar-refractivity contribution in [1.29, 1.82) is 0 Å². The number of halogens is 1. The second-order valence-corrected chi connectivity index (χ2v) is 6.47. The monoisotopic (exact) mass is 280 g/mol. The molecule has 0 radical (unpaired) electrons.